The van der Waals surface area contributed by atoms with E-state index in [1.165, 1.54) is 18.4 Å². The minimum atomic E-state index is 0.624. The molecule has 0 spiro atoms. The molecule has 1 aromatic heterocycles. The Bertz CT molecular complexity index is 396. The van der Waals surface area contributed by atoms with Crippen LogP contribution in [0, 0.1) is 6.92 Å². The number of hydrogen-bond acceptors (Lipinski definition) is 3. The van der Waals surface area contributed by atoms with Crippen LogP contribution in [-0.2, 0) is 13.6 Å². The Morgan fingerprint density at radius 2 is 2.33 bits per heavy atom. The summed E-state index contributed by atoms with van der Waals surface area (Å²) in [5.74, 6) is 0. The number of nitrogens with zero attached hydrogens (tertiary/aromatic N) is 3. The molecule has 4 nitrogen and oxygen atoms in total. The second-order valence-corrected chi connectivity index (χ2v) is 5.40. The Morgan fingerprint density at radius 1 is 1.56 bits per heavy atom. The van der Waals surface area contributed by atoms with Crippen molar-refractivity contribution in [3.05, 3.63) is 16.4 Å². The molecule has 1 saturated heterocycles. The maximum absolute atomic E-state index is 6.31. The summed E-state index contributed by atoms with van der Waals surface area (Å²) in [5, 5.41) is 8.63. The molecule has 0 saturated carbocycles. The third kappa shape index (κ3) is 2.87. The lowest BCUT2D eigenvalue weighted by Crippen LogP contribution is -2.45. The van der Waals surface area contributed by atoms with Gasteiger partial charge in [0.2, 0.25) is 0 Å². The van der Waals surface area contributed by atoms with Crippen LogP contribution in [0.1, 0.15) is 31.0 Å². The molecular formula is C13H23ClN4. The number of halogens is 1. The fourth-order valence-electron chi connectivity index (χ4n) is 2.70. The van der Waals surface area contributed by atoms with Crippen LogP contribution < -0.4 is 5.32 Å². The highest BCUT2D eigenvalue weighted by Crippen LogP contribution is 2.22. The molecule has 1 aromatic rings. The lowest BCUT2D eigenvalue weighted by Gasteiger charge is -2.33. The van der Waals surface area contributed by atoms with Gasteiger partial charge in [-0.2, -0.15) is 5.10 Å². The maximum atomic E-state index is 6.31. The Morgan fingerprint density at radius 3 is 2.83 bits per heavy atom. The first kappa shape index (κ1) is 13.8. The highest BCUT2D eigenvalue weighted by atomic mass is 35.5. The number of nitrogens with one attached hydrogen (secondary N) is 1. The molecule has 0 amide bonds. The zero-order valence-electron chi connectivity index (χ0n) is 11.5. The van der Waals surface area contributed by atoms with Crippen molar-refractivity contribution in [2.75, 3.05) is 19.6 Å². The molecule has 0 aliphatic carbocycles. The minimum absolute atomic E-state index is 0.624. The zero-order chi connectivity index (χ0) is 13.1. The Kier molecular flexibility index (Phi) is 4.65. The summed E-state index contributed by atoms with van der Waals surface area (Å²) >= 11 is 6.31. The highest BCUT2D eigenvalue weighted by Gasteiger charge is 2.22. The topological polar surface area (TPSA) is 33.1 Å². The van der Waals surface area contributed by atoms with Crippen LogP contribution in [0.25, 0.3) is 0 Å². The fraction of sp³-hybridized carbons (Fsp3) is 0.769. The molecule has 18 heavy (non-hydrogen) atoms. The average Bonchev–Trinajstić information content (AvgIpc) is 2.62. The summed E-state index contributed by atoms with van der Waals surface area (Å²) in [7, 11) is 1.90. The molecule has 1 atom stereocenters. The third-order valence-corrected chi connectivity index (χ3v) is 4.30. The number of aryl methyl sites for hydroxylation is 2. The summed E-state index contributed by atoms with van der Waals surface area (Å²) in [6.45, 7) is 8.45. The van der Waals surface area contributed by atoms with Gasteiger partial charge in [-0.15, -0.1) is 0 Å². The van der Waals surface area contributed by atoms with E-state index in [9.17, 15) is 0 Å². The van der Waals surface area contributed by atoms with Crippen LogP contribution >= 0.6 is 11.6 Å². The molecule has 1 aliphatic rings. The summed E-state index contributed by atoms with van der Waals surface area (Å²) in [5.41, 5.74) is 2.22. The van der Waals surface area contributed by atoms with Crippen molar-refractivity contribution >= 4 is 11.6 Å². The van der Waals surface area contributed by atoms with Gasteiger partial charge in [-0.05, 0) is 32.9 Å². The van der Waals surface area contributed by atoms with Crippen LogP contribution in [0.5, 0.6) is 0 Å². The van der Waals surface area contributed by atoms with Gasteiger partial charge in [0, 0.05) is 31.7 Å². The van der Waals surface area contributed by atoms with Gasteiger partial charge >= 0.3 is 0 Å². The van der Waals surface area contributed by atoms with Crippen molar-refractivity contribution in [1.29, 1.82) is 0 Å². The van der Waals surface area contributed by atoms with Gasteiger partial charge < -0.3 is 5.32 Å². The molecule has 0 radical (unpaired) electrons. The lowest BCUT2D eigenvalue weighted by atomic mass is 10.1. The van der Waals surface area contributed by atoms with E-state index in [1.54, 1.807) is 4.68 Å². The van der Waals surface area contributed by atoms with E-state index in [0.717, 1.165) is 37.0 Å². The van der Waals surface area contributed by atoms with E-state index in [1.807, 2.05) is 14.0 Å². The first-order chi connectivity index (χ1) is 8.63. The van der Waals surface area contributed by atoms with Crippen molar-refractivity contribution in [3.8, 4) is 0 Å². The number of aromatic nitrogens is 2. The van der Waals surface area contributed by atoms with E-state index < -0.39 is 0 Å². The molecule has 1 unspecified atom stereocenters. The molecule has 1 fully saturated rings. The van der Waals surface area contributed by atoms with Gasteiger partial charge in [-0.3, -0.25) is 9.58 Å². The smallest absolute Gasteiger partial charge is 0.131 e. The summed E-state index contributed by atoms with van der Waals surface area (Å²) in [6, 6.07) is 0.624. The maximum Gasteiger partial charge on any atom is 0.131 e. The third-order valence-electron chi connectivity index (χ3n) is 3.82. The van der Waals surface area contributed by atoms with Crippen LogP contribution in [0.3, 0.4) is 0 Å². The second kappa shape index (κ2) is 6.04. The van der Waals surface area contributed by atoms with Gasteiger partial charge in [0.15, 0.2) is 0 Å². The highest BCUT2D eigenvalue weighted by molar-refractivity contribution is 6.30. The Labute approximate surface area is 114 Å². The van der Waals surface area contributed by atoms with E-state index in [4.69, 9.17) is 11.6 Å². The summed E-state index contributed by atoms with van der Waals surface area (Å²) in [6.07, 6.45) is 2.54. The number of hydrogen-bond donors (Lipinski definition) is 1. The molecular weight excluding hydrogens is 248 g/mol. The van der Waals surface area contributed by atoms with Crippen molar-refractivity contribution in [2.45, 2.75) is 39.3 Å². The van der Waals surface area contributed by atoms with E-state index in [-0.39, 0.29) is 0 Å². The monoisotopic (exact) mass is 270 g/mol. The molecule has 1 N–H and O–H groups in total. The summed E-state index contributed by atoms with van der Waals surface area (Å²) < 4.78 is 1.76. The molecule has 2 heterocycles. The molecule has 102 valence electrons. The molecule has 0 aromatic carbocycles. The SMILES string of the molecule is CCN(Cc1c(C)nn(C)c1Cl)C1CCCNC1. The average molecular weight is 271 g/mol. The van der Waals surface area contributed by atoms with Crippen molar-refractivity contribution < 1.29 is 0 Å². The predicted octanol–water partition coefficient (Wildman–Crippen LogP) is 1.96. The van der Waals surface area contributed by atoms with Crippen LogP contribution in [0.2, 0.25) is 5.15 Å². The Hall–Kier alpha value is -0.580. The molecule has 0 bridgehead atoms. The van der Waals surface area contributed by atoms with Crippen LogP contribution in [0.15, 0.2) is 0 Å². The van der Waals surface area contributed by atoms with Crippen LogP contribution in [-0.4, -0.2) is 40.4 Å². The lowest BCUT2D eigenvalue weighted by molar-refractivity contribution is 0.166. The predicted molar refractivity (Wildman–Crippen MR) is 74.9 cm³/mol. The molecule has 2 rings (SSSR count). The number of likely N-dealkylation sites (N-methyl/N-ethyl adjacent to an activating group) is 1. The summed E-state index contributed by atoms with van der Waals surface area (Å²) in [4.78, 5) is 2.50. The first-order valence-corrected chi connectivity index (χ1v) is 7.14. The number of piperidine rings is 1. The Balaban J connectivity index is 2.09. The zero-order valence-corrected chi connectivity index (χ0v) is 12.3. The first-order valence-electron chi connectivity index (χ1n) is 6.76. The van der Waals surface area contributed by atoms with E-state index in [2.05, 4.69) is 22.2 Å². The normalized spacial score (nSPS) is 20.6. The fourth-order valence-corrected chi connectivity index (χ4v) is 2.94. The molecule has 1 aliphatic heterocycles. The minimum Gasteiger partial charge on any atom is -0.315 e. The van der Waals surface area contributed by atoms with Gasteiger partial charge in [0.25, 0.3) is 0 Å². The van der Waals surface area contributed by atoms with Crippen molar-refractivity contribution in [1.82, 2.24) is 20.0 Å². The van der Waals surface area contributed by atoms with Crippen molar-refractivity contribution in [2.24, 2.45) is 7.05 Å². The van der Waals surface area contributed by atoms with Crippen molar-refractivity contribution in [3.63, 3.8) is 0 Å². The number of rotatable bonds is 4. The largest absolute Gasteiger partial charge is 0.315 e. The van der Waals surface area contributed by atoms with E-state index >= 15 is 0 Å². The van der Waals surface area contributed by atoms with Gasteiger partial charge in [0.1, 0.15) is 5.15 Å². The standard InChI is InChI=1S/C13H23ClN4/c1-4-18(11-6-5-7-15-8-11)9-12-10(2)16-17(3)13(12)14/h11,15H,4-9H2,1-3H3. The van der Waals surface area contributed by atoms with Gasteiger partial charge in [0.05, 0.1) is 5.69 Å². The quantitative estimate of drug-likeness (QED) is 0.908. The van der Waals surface area contributed by atoms with E-state index in [0.29, 0.717) is 6.04 Å². The van der Waals surface area contributed by atoms with Crippen LogP contribution in [0.4, 0.5) is 0 Å². The van der Waals surface area contributed by atoms with Gasteiger partial charge in [-0.25, -0.2) is 0 Å². The van der Waals surface area contributed by atoms with Gasteiger partial charge in [-0.1, -0.05) is 18.5 Å². The second-order valence-electron chi connectivity index (χ2n) is 5.04. The molecule has 5 heteroatoms.